The highest BCUT2D eigenvalue weighted by molar-refractivity contribution is 7.99. The van der Waals surface area contributed by atoms with Crippen molar-refractivity contribution in [2.75, 3.05) is 5.75 Å². The molecule has 1 aliphatic rings. The molecule has 14 heavy (non-hydrogen) atoms. The summed E-state index contributed by atoms with van der Waals surface area (Å²) in [6.07, 6.45) is 2.29. The molecule has 1 saturated heterocycles. The fourth-order valence-corrected chi connectivity index (χ4v) is 3.47. The molecular weight excluding hydrogens is 239 g/mol. The molecule has 76 valence electrons. The molecule has 0 aliphatic carbocycles. The molecular formula is C10H10Cl2OS. The largest absolute Gasteiger partial charge is 0.506 e. The summed E-state index contributed by atoms with van der Waals surface area (Å²) in [4.78, 5) is 0. The molecule has 0 radical (unpaired) electrons. The Hall–Kier alpha value is -0.0500. The molecule has 1 nitrogen and oxygen atoms in total. The highest BCUT2D eigenvalue weighted by Crippen LogP contribution is 2.46. The Balaban J connectivity index is 2.40. The third-order valence-corrected chi connectivity index (χ3v) is 4.26. The summed E-state index contributed by atoms with van der Waals surface area (Å²) in [5.41, 5.74) is 0.880. The smallest absolute Gasteiger partial charge is 0.138 e. The van der Waals surface area contributed by atoms with E-state index in [0.717, 1.165) is 17.7 Å². The van der Waals surface area contributed by atoms with Crippen molar-refractivity contribution >= 4 is 35.0 Å². The van der Waals surface area contributed by atoms with E-state index in [1.54, 1.807) is 6.07 Å². The first kappa shape index (κ1) is 10.5. The molecule has 0 amide bonds. The third kappa shape index (κ3) is 1.97. The number of halogens is 2. The molecule has 1 unspecified atom stereocenters. The first-order valence-corrected chi connectivity index (χ1v) is 6.28. The number of aromatic hydroxyl groups is 1. The average Bonchev–Trinajstić information content (AvgIpc) is 2.63. The Kier molecular flexibility index (Phi) is 3.15. The second-order valence-electron chi connectivity index (χ2n) is 3.33. The van der Waals surface area contributed by atoms with Gasteiger partial charge in [0.2, 0.25) is 0 Å². The van der Waals surface area contributed by atoms with E-state index >= 15 is 0 Å². The van der Waals surface area contributed by atoms with Gasteiger partial charge in [-0.1, -0.05) is 23.2 Å². The van der Waals surface area contributed by atoms with Crippen molar-refractivity contribution in [1.29, 1.82) is 0 Å². The van der Waals surface area contributed by atoms with Crippen LogP contribution in [0.5, 0.6) is 5.75 Å². The van der Waals surface area contributed by atoms with Crippen molar-refractivity contribution < 1.29 is 5.11 Å². The Morgan fingerprint density at radius 1 is 1.36 bits per heavy atom. The fraction of sp³-hybridized carbons (Fsp3) is 0.400. The van der Waals surface area contributed by atoms with Crippen molar-refractivity contribution in [2.24, 2.45) is 0 Å². The third-order valence-electron chi connectivity index (χ3n) is 2.33. The summed E-state index contributed by atoms with van der Waals surface area (Å²) in [7, 11) is 0. The van der Waals surface area contributed by atoms with E-state index in [1.807, 2.05) is 17.8 Å². The summed E-state index contributed by atoms with van der Waals surface area (Å²) in [6, 6.07) is 3.38. The first-order chi connectivity index (χ1) is 6.68. The number of thioether (sulfide) groups is 1. The van der Waals surface area contributed by atoms with Gasteiger partial charge in [0.15, 0.2) is 0 Å². The van der Waals surface area contributed by atoms with Gasteiger partial charge in [-0.05, 0) is 30.7 Å². The van der Waals surface area contributed by atoms with Gasteiger partial charge in [-0.3, -0.25) is 0 Å². The van der Waals surface area contributed by atoms with Crippen molar-refractivity contribution in [3.05, 3.63) is 27.7 Å². The van der Waals surface area contributed by atoms with Crippen molar-refractivity contribution in [2.45, 2.75) is 18.1 Å². The maximum Gasteiger partial charge on any atom is 0.138 e. The maximum atomic E-state index is 9.78. The lowest BCUT2D eigenvalue weighted by Gasteiger charge is -2.12. The van der Waals surface area contributed by atoms with E-state index in [2.05, 4.69) is 0 Å². The summed E-state index contributed by atoms with van der Waals surface area (Å²) in [6.45, 7) is 0. The van der Waals surface area contributed by atoms with Crippen molar-refractivity contribution in [3.8, 4) is 5.75 Å². The van der Waals surface area contributed by atoms with Gasteiger partial charge in [-0.25, -0.2) is 0 Å². The van der Waals surface area contributed by atoms with Gasteiger partial charge < -0.3 is 5.11 Å². The number of benzene rings is 1. The number of rotatable bonds is 1. The van der Waals surface area contributed by atoms with Gasteiger partial charge in [0.05, 0.1) is 5.02 Å². The molecule has 1 fully saturated rings. The zero-order chi connectivity index (χ0) is 10.1. The Morgan fingerprint density at radius 3 is 2.79 bits per heavy atom. The van der Waals surface area contributed by atoms with E-state index < -0.39 is 0 Å². The van der Waals surface area contributed by atoms with E-state index in [1.165, 1.54) is 6.42 Å². The lowest BCUT2D eigenvalue weighted by Crippen LogP contribution is -1.90. The molecule has 0 saturated carbocycles. The van der Waals surface area contributed by atoms with Crippen LogP contribution in [0.15, 0.2) is 12.1 Å². The first-order valence-electron chi connectivity index (χ1n) is 4.48. The molecule has 0 spiro atoms. The lowest BCUT2D eigenvalue weighted by atomic mass is 10.1. The Bertz CT molecular complexity index is 348. The number of hydrogen-bond acceptors (Lipinski definition) is 2. The maximum absolute atomic E-state index is 9.78. The molecule has 4 heteroatoms. The lowest BCUT2D eigenvalue weighted by molar-refractivity contribution is 0.467. The van der Waals surface area contributed by atoms with Gasteiger partial charge in [0, 0.05) is 15.8 Å². The van der Waals surface area contributed by atoms with Crippen LogP contribution in [0.3, 0.4) is 0 Å². The molecule has 1 aliphatic heterocycles. The molecule has 1 atom stereocenters. The Morgan fingerprint density at radius 2 is 2.14 bits per heavy atom. The van der Waals surface area contributed by atoms with Crippen molar-refractivity contribution in [3.63, 3.8) is 0 Å². The second-order valence-corrected chi connectivity index (χ2v) is 5.48. The van der Waals surface area contributed by atoms with Crippen LogP contribution in [0.1, 0.15) is 23.7 Å². The number of phenols is 1. The van der Waals surface area contributed by atoms with Gasteiger partial charge in [-0.15, -0.1) is 0 Å². The van der Waals surface area contributed by atoms with E-state index in [4.69, 9.17) is 23.2 Å². The highest BCUT2D eigenvalue weighted by Gasteiger charge is 2.22. The normalized spacial score (nSPS) is 21.4. The number of phenolic OH excluding ortho intramolecular Hbond substituents is 1. The van der Waals surface area contributed by atoms with Crippen LogP contribution in [-0.2, 0) is 0 Å². The van der Waals surface area contributed by atoms with Gasteiger partial charge >= 0.3 is 0 Å². The molecule has 1 N–H and O–H groups in total. The van der Waals surface area contributed by atoms with Gasteiger partial charge in [-0.2, -0.15) is 11.8 Å². The molecule has 0 aromatic heterocycles. The fourth-order valence-electron chi connectivity index (χ4n) is 1.65. The monoisotopic (exact) mass is 248 g/mol. The average molecular weight is 249 g/mol. The predicted octanol–water partition coefficient (Wildman–Crippen LogP) is 4.27. The zero-order valence-electron chi connectivity index (χ0n) is 7.46. The van der Waals surface area contributed by atoms with Crippen LogP contribution >= 0.6 is 35.0 Å². The predicted molar refractivity (Wildman–Crippen MR) is 62.6 cm³/mol. The SMILES string of the molecule is Oc1c(Cl)cc(Cl)cc1C1CCCS1. The molecule has 0 bridgehead atoms. The summed E-state index contributed by atoms with van der Waals surface area (Å²) in [5.74, 6) is 1.34. The van der Waals surface area contributed by atoms with Crippen LogP contribution in [-0.4, -0.2) is 10.9 Å². The number of hydrogen-bond donors (Lipinski definition) is 1. The Labute approximate surface area is 97.4 Å². The highest BCUT2D eigenvalue weighted by atomic mass is 35.5. The molecule has 1 aromatic rings. The topological polar surface area (TPSA) is 20.2 Å². The van der Waals surface area contributed by atoms with E-state index in [0.29, 0.717) is 15.3 Å². The van der Waals surface area contributed by atoms with Crippen LogP contribution in [0.25, 0.3) is 0 Å². The summed E-state index contributed by atoms with van der Waals surface area (Å²) < 4.78 is 0. The minimum Gasteiger partial charge on any atom is -0.506 e. The zero-order valence-corrected chi connectivity index (χ0v) is 9.79. The summed E-state index contributed by atoms with van der Waals surface area (Å²) >= 11 is 13.6. The van der Waals surface area contributed by atoms with Crippen LogP contribution < -0.4 is 0 Å². The van der Waals surface area contributed by atoms with Gasteiger partial charge in [0.1, 0.15) is 5.75 Å². The quantitative estimate of drug-likeness (QED) is 0.802. The van der Waals surface area contributed by atoms with Gasteiger partial charge in [0.25, 0.3) is 0 Å². The summed E-state index contributed by atoms with van der Waals surface area (Å²) in [5, 5.41) is 11.1. The van der Waals surface area contributed by atoms with E-state index in [9.17, 15) is 5.11 Å². The van der Waals surface area contributed by atoms with Crippen molar-refractivity contribution in [1.82, 2.24) is 0 Å². The van der Waals surface area contributed by atoms with Crippen LogP contribution in [0.4, 0.5) is 0 Å². The minimum absolute atomic E-state index is 0.190. The molecule has 1 heterocycles. The standard InChI is InChI=1S/C10H10Cl2OS/c11-6-4-7(9-2-1-3-14-9)10(13)8(12)5-6/h4-5,9,13H,1-3H2. The molecule has 1 aromatic carbocycles. The molecule has 2 rings (SSSR count). The minimum atomic E-state index is 0.190. The second kappa shape index (κ2) is 4.21. The van der Waals surface area contributed by atoms with Crippen LogP contribution in [0, 0.1) is 0 Å². The van der Waals surface area contributed by atoms with E-state index in [-0.39, 0.29) is 5.75 Å². The van der Waals surface area contributed by atoms with Crippen LogP contribution in [0.2, 0.25) is 10.0 Å².